The van der Waals surface area contributed by atoms with Gasteiger partial charge in [-0.2, -0.15) is 0 Å². The molecule has 1 amide bonds. The fraction of sp³-hybridized carbons (Fsp3) is 0.435. The van der Waals surface area contributed by atoms with E-state index in [9.17, 15) is 4.79 Å². The molecule has 0 saturated carbocycles. The van der Waals surface area contributed by atoms with E-state index in [-0.39, 0.29) is 17.4 Å². The summed E-state index contributed by atoms with van der Waals surface area (Å²) in [6, 6.07) is 15.6. The van der Waals surface area contributed by atoms with E-state index in [2.05, 4.69) is 26.1 Å². The summed E-state index contributed by atoms with van der Waals surface area (Å²) in [5.74, 6) is 1.33. The first-order valence-corrected chi connectivity index (χ1v) is 9.42. The van der Waals surface area contributed by atoms with Crippen molar-refractivity contribution in [2.75, 3.05) is 6.61 Å². The molecule has 0 aliphatic rings. The first-order valence-electron chi connectivity index (χ1n) is 9.42. The zero-order valence-corrected chi connectivity index (χ0v) is 17.2. The Morgan fingerprint density at radius 1 is 0.963 bits per heavy atom. The summed E-state index contributed by atoms with van der Waals surface area (Å²) >= 11 is 0. The van der Waals surface area contributed by atoms with Gasteiger partial charge < -0.3 is 14.8 Å². The van der Waals surface area contributed by atoms with E-state index >= 15 is 0 Å². The number of carbonyl (C=O) groups excluding carboxylic acids is 1. The molecule has 0 radical (unpaired) electrons. The lowest BCUT2D eigenvalue weighted by atomic mass is 9.87. The van der Waals surface area contributed by atoms with Gasteiger partial charge in [-0.3, -0.25) is 4.79 Å². The first kappa shape index (κ1) is 20.8. The number of nitrogens with one attached hydrogen (secondary N) is 1. The van der Waals surface area contributed by atoms with Crippen LogP contribution in [0.25, 0.3) is 0 Å². The van der Waals surface area contributed by atoms with Gasteiger partial charge in [0.05, 0.1) is 6.04 Å². The van der Waals surface area contributed by atoms with Crippen molar-refractivity contribution in [3.63, 3.8) is 0 Å². The molecule has 0 fully saturated rings. The van der Waals surface area contributed by atoms with Gasteiger partial charge in [0.25, 0.3) is 5.91 Å². The molecule has 2 aromatic rings. The Morgan fingerprint density at radius 3 is 2.07 bits per heavy atom. The minimum Gasteiger partial charge on any atom is -0.491 e. The molecule has 0 aliphatic heterocycles. The largest absolute Gasteiger partial charge is 0.491 e. The lowest BCUT2D eigenvalue weighted by molar-refractivity contribution is -0.128. The smallest absolute Gasteiger partial charge is 0.261 e. The normalized spacial score (nSPS) is 13.6. The van der Waals surface area contributed by atoms with Crippen LogP contribution in [0.1, 0.15) is 45.7 Å². The summed E-state index contributed by atoms with van der Waals surface area (Å²) in [5.41, 5.74) is 2.51. The minimum atomic E-state index is -0.577. The zero-order valence-electron chi connectivity index (χ0n) is 17.2. The van der Waals surface area contributed by atoms with Gasteiger partial charge in [0.2, 0.25) is 0 Å². The van der Waals surface area contributed by atoms with Gasteiger partial charge in [0.15, 0.2) is 6.10 Å². The summed E-state index contributed by atoms with van der Waals surface area (Å²) in [6.07, 6.45) is -0.577. The van der Waals surface area contributed by atoms with Crippen LogP contribution in [-0.2, 0) is 10.2 Å². The van der Waals surface area contributed by atoms with Gasteiger partial charge in [-0.15, -0.1) is 0 Å². The molecule has 4 nitrogen and oxygen atoms in total. The number of aryl methyl sites for hydroxylation is 1. The van der Waals surface area contributed by atoms with Crippen molar-refractivity contribution in [2.24, 2.45) is 0 Å². The van der Waals surface area contributed by atoms with Crippen LogP contribution in [0, 0.1) is 6.92 Å². The highest BCUT2D eigenvalue weighted by molar-refractivity contribution is 5.81. The molecule has 0 saturated heterocycles. The van der Waals surface area contributed by atoms with Crippen LogP contribution in [-0.4, -0.2) is 24.7 Å². The van der Waals surface area contributed by atoms with E-state index in [1.807, 2.05) is 62.4 Å². The van der Waals surface area contributed by atoms with Crippen LogP contribution in [0.5, 0.6) is 11.5 Å². The molecule has 4 heteroatoms. The Kier molecular flexibility index (Phi) is 6.89. The average molecular weight is 370 g/mol. The van der Waals surface area contributed by atoms with Crippen molar-refractivity contribution in [2.45, 2.75) is 59.1 Å². The van der Waals surface area contributed by atoms with Crippen LogP contribution < -0.4 is 14.8 Å². The standard InChI is InChI=1S/C23H31NO3/c1-16-7-11-20(12-8-16)26-15-17(2)24-22(25)18(3)27-21-13-9-19(10-14-21)23(4,5)6/h7-14,17-18H,15H2,1-6H3,(H,24,25)/t17-,18-/m1/s1. The van der Waals surface area contributed by atoms with Crippen LogP contribution in [0.3, 0.4) is 0 Å². The summed E-state index contributed by atoms with van der Waals surface area (Å²) in [7, 11) is 0. The minimum absolute atomic E-state index is 0.0917. The lowest BCUT2D eigenvalue weighted by Crippen LogP contribution is -2.43. The highest BCUT2D eigenvalue weighted by atomic mass is 16.5. The molecule has 0 unspecified atom stereocenters. The maximum atomic E-state index is 12.3. The summed E-state index contributed by atoms with van der Waals surface area (Å²) < 4.78 is 11.5. The quantitative estimate of drug-likeness (QED) is 0.773. The fourth-order valence-electron chi connectivity index (χ4n) is 2.55. The van der Waals surface area contributed by atoms with Crippen molar-refractivity contribution in [3.8, 4) is 11.5 Å². The second kappa shape index (κ2) is 8.94. The zero-order chi connectivity index (χ0) is 20.0. The van der Waals surface area contributed by atoms with E-state index in [1.54, 1.807) is 6.92 Å². The van der Waals surface area contributed by atoms with E-state index in [0.29, 0.717) is 12.4 Å². The molecule has 1 N–H and O–H groups in total. The first-order chi connectivity index (χ1) is 12.6. The van der Waals surface area contributed by atoms with Gasteiger partial charge in [-0.05, 0) is 56.0 Å². The third-order valence-corrected chi connectivity index (χ3v) is 4.31. The number of rotatable bonds is 7. The van der Waals surface area contributed by atoms with E-state index in [1.165, 1.54) is 11.1 Å². The van der Waals surface area contributed by atoms with E-state index in [0.717, 1.165) is 5.75 Å². The Morgan fingerprint density at radius 2 is 1.52 bits per heavy atom. The van der Waals surface area contributed by atoms with Crippen molar-refractivity contribution in [1.82, 2.24) is 5.32 Å². The topological polar surface area (TPSA) is 47.6 Å². The molecule has 27 heavy (non-hydrogen) atoms. The molecule has 0 bridgehead atoms. The predicted molar refractivity (Wildman–Crippen MR) is 110 cm³/mol. The summed E-state index contributed by atoms with van der Waals surface area (Å²) in [4.78, 5) is 12.3. The molecule has 2 aromatic carbocycles. The maximum Gasteiger partial charge on any atom is 0.261 e. The molecule has 2 atom stereocenters. The predicted octanol–water partition coefficient (Wildman–Crippen LogP) is 4.64. The Bertz CT molecular complexity index is 730. The molecular formula is C23H31NO3. The number of ether oxygens (including phenoxy) is 2. The number of carbonyl (C=O) groups is 1. The third-order valence-electron chi connectivity index (χ3n) is 4.31. The highest BCUT2D eigenvalue weighted by Crippen LogP contribution is 2.24. The van der Waals surface area contributed by atoms with Gasteiger partial charge in [0, 0.05) is 0 Å². The van der Waals surface area contributed by atoms with Crippen molar-refractivity contribution >= 4 is 5.91 Å². The monoisotopic (exact) mass is 369 g/mol. The highest BCUT2D eigenvalue weighted by Gasteiger charge is 2.18. The average Bonchev–Trinajstić information content (AvgIpc) is 2.61. The number of hydrogen-bond donors (Lipinski definition) is 1. The molecule has 146 valence electrons. The molecule has 0 heterocycles. The van der Waals surface area contributed by atoms with Crippen LogP contribution in [0.4, 0.5) is 0 Å². The van der Waals surface area contributed by atoms with Gasteiger partial charge in [-0.1, -0.05) is 50.6 Å². The van der Waals surface area contributed by atoms with Crippen LogP contribution in [0.15, 0.2) is 48.5 Å². The maximum absolute atomic E-state index is 12.3. The Labute approximate surface area is 162 Å². The van der Waals surface area contributed by atoms with Crippen molar-refractivity contribution < 1.29 is 14.3 Å². The summed E-state index contributed by atoms with van der Waals surface area (Å²) in [6.45, 7) is 12.6. The molecule has 2 rings (SSSR count). The van der Waals surface area contributed by atoms with Gasteiger partial charge in [0.1, 0.15) is 18.1 Å². The SMILES string of the molecule is Cc1ccc(OC[C@@H](C)NC(=O)[C@@H](C)Oc2ccc(C(C)(C)C)cc2)cc1. The Hall–Kier alpha value is -2.49. The second-order valence-electron chi connectivity index (χ2n) is 8.07. The van der Waals surface area contributed by atoms with Gasteiger partial charge in [-0.25, -0.2) is 0 Å². The lowest BCUT2D eigenvalue weighted by Gasteiger charge is -2.21. The number of amides is 1. The summed E-state index contributed by atoms with van der Waals surface area (Å²) in [5, 5.41) is 2.93. The van der Waals surface area contributed by atoms with Crippen LogP contribution in [0.2, 0.25) is 0 Å². The third kappa shape index (κ3) is 6.63. The Balaban J connectivity index is 1.81. The van der Waals surface area contributed by atoms with E-state index < -0.39 is 6.10 Å². The van der Waals surface area contributed by atoms with E-state index in [4.69, 9.17) is 9.47 Å². The van der Waals surface area contributed by atoms with Crippen molar-refractivity contribution in [1.29, 1.82) is 0 Å². The number of hydrogen-bond acceptors (Lipinski definition) is 3. The molecular weight excluding hydrogens is 338 g/mol. The second-order valence-corrected chi connectivity index (χ2v) is 8.07. The van der Waals surface area contributed by atoms with Gasteiger partial charge >= 0.3 is 0 Å². The molecule has 0 aromatic heterocycles. The molecule has 0 spiro atoms. The van der Waals surface area contributed by atoms with Crippen LogP contribution >= 0.6 is 0 Å². The number of benzene rings is 2. The fourth-order valence-corrected chi connectivity index (χ4v) is 2.55. The molecule has 0 aliphatic carbocycles. The van der Waals surface area contributed by atoms with Crippen molar-refractivity contribution in [3.05, 3.63) is 59.7 Å².